The molecule has 0 heterocycles. The molecule has 0 aliphatic rings. The summed E-state index contributed by atoms with van der Waals surface area (Å²) in [6, 6.07) is 8.25. The van der Waals surface area contributed by atoms with Gasteiger partial charge in [0.05, 0.1) is 6.61 Å². The van der Waals surface area contributed by atoms with Crippen LogP contribution in [0.1, 0.15) is 52.6 Å². The fraction of sp³-hybridized carbons (Fsp3) is 0.647. The highest BCUT2D eigenvalue weighted by atomic mass is 32.2. The van der Waals surface area contributed by atoms with Gasteiger partial charge in [0.25, 0.3) is 0 Å². The Bertz CT molecular complexity index is 437. The van der Waals surface area contributed by atoms with E-state index in [1.54, 1.807) is 0 Å². The molecule has 3 nitrogen and oxygen atoms in total. The smallest absolute Gasteiger partial charge is 0.119 e. The Morgan fingerprint density at radius 1 is 1.19 bits per heavy atom. The van der Waals surface area contributed by atoms with Gasteiger partial charge in [-0.15, -0.1) is 0 Å². The predicted molar refractivity (Wildman–Crippen MR) is 91.4 cm³/mol. The van der Waals surface area contributed by atoms with Crippen molar-refractivity contribution in [2.75, 3.05) is 18.9 Å². The van der Waals surface area contributed by atoms with Crippen LogP contribution in [0.4, 0.5) is 0 Å². The summed E-state index contributed by atoms with van der Waals surface area (Å²) in [5.41, 5.74) is 1.17. The van der Waals surface area contributed by atoms with E-state index in [4.69, 9.17) is 4.74 Å². The zero-order valence-corrected chi connectivity index (χ0v) is 14.8. The molecule has 0 aromatic heterocycles. The van der Waals surface area contributed by atoms with Gasteiger partial charge in [-0.2, -0.15) is 0 Å². The maximum atomic E-state index is 12.4. The lowest BCUT2D eigenvalue weighted by molar-refractivity contribution is 0.317. The van der Waals surface area contributed by atoms with Crippen LogP contribution >= 0.6 is 0 Å². The number of ether oxygens (including phenoxy) is 1. The Kier molecular flexibility index (Phi) is 7.40. The summed E-state index contributed by atoms with van der Waals surface area (Å²) >= 11 is 0. The monoisotopic (exact) mass is 311 g/mol. The molecule has 0 saturated carbocycles. The first-order chi connectivity index (χ1) is 9.88. The maximum absolute atomic E-state index is 12.4. The van der Waals surface area contributed by atoms with E-state index in [0.717, 1.165) is 25.3 Å². The molecule has 1 aromatic rings. The summed E-state index contributed by atoms with van der Waals surface area (Å²) in [5, 5.41) is 3.43. The second kappa shape index (κ2) is 8.54. The van der Waals surface area contributed by atoms with Gasteiger partial charge in [0.2, 0.25) is 0 Å². The molecule has 0 radical (unpaired) electrons. The van der Waals surface area contributed by atoms with E-state index in [1.807, 2.05) is 32.9 Å². The molecule has 0 fully saturated rings. The number of rotatable bonds is 8. The van der Waals surface area contributed by atoms with Crippen LogP contribution in [-0.2, 0) is 10.8 Å². The number of hydrogen-bond donors (Lipinski definition) is 1. The molecule has 4 heteroatoms. The second-order valence-corrected chi connectivity index (χ2v) is 8.40. The van der Waals surface area contributed by atoms with Crippen molar-refractivity contribution in [1.82, 2.24) is 5.32 Å². The highest BCUT2D eigenvalue weighted by molar-refractivity contribution is 7.86. The van der Waals surface area contributed by atoms with E-state index in [0.29, 0.717) is 5.75 Å². The average molecular weight is 311 g/mol. The fourth-order valence-corrected chi connectivity index (χ4v) is 3.05. The fourth-order valence-electron chi connectivity index (χ4n) is 1.94. The molecule has 2 atom stereocenters. The van der Waals surface area contributed by atoms with Crippen LogP contribution in [0, 0.1) is 0 Å². The van der Waals surface area contributed by atoms with Gasteiger partial charge in [-0.05, 0) is 51.4 Å². The topological polar surface area (TPSA) is 38.3 Å². The SMILES string of the molecule is CCCOc1ccc(C(CS(=O)C(C)(C)C)NCC)cc1. The van der Waals surface area contributed by atoms with Gasteiger partial charge in [0.15, 0.2) is 0 Å². The van der Waals surface area contributed by atoms with E-state index >= 15 is 0 Å². The molecular weight excluding hydrogens is 282 g/mol. The van der Waals surface area contributed by atoms with Gasteiger partial charge >= 0.3 is 0 Å². The van der Waals surface area contributed by atoms with Gasteiger partial charge in [0.1, 0.15) is 5.75 Å². The lowest BCUT2D eigenvalue weighted by atomic mass is 10.1. The summed E-state index contributed by atoms with van der Waals surface area (Å²) in [7, 11) is -0.873. The van der Waals surface area contributed by atoms with Crippen LogP contribution in [0.25, 0.3) is 0 Å². The number of hydrogen-bond acceptors (Lipinski definition) is 3. The molecule has 0 bridgehead atoms. The first kappa shape index (κ1) is 18.2. The largest absolute Gasteiger partial charge is 0.494 e. The molecule has 2 unspecified atom stereocenters. The van der Waals surface area contributed by atoms with Crippen molar-refractivity contribution in [3.63, 3.8) is 0 Å². The van der Waals surface area contributed by atoms with E-state index in [9.17, 15) is 4.21 Å². The van der Waals surface area contributed by atoms with Crippen LogP contribution in [-0.4, -0.2) is 27.9 Å². The zero-order valence-electron chi connectivity index (χ0n) is 13.9. The Hall–Kier alpha value is -0.870. The Morgan fingerprint density at radius 3 is 2.29 bits per heavy atom. The molecule has 0 saturated heterocycles. The molecule has 0 aliphatic heterocycles. The minimum Gasteiger partial charge on any atom is -0.494 e. The van der Waals surface area contributed by atoms with E-state index in [1.165, 1.54) is 5.56 Å². The highest BCUT2D eigenvalue weighted by Crippen LogP contribution is 2.22. The van der Waals surface area contributed by atoms with Crippen molar-refractivity contribution in [2.24, 2.45) is 0 Å². The predicted octanol–water partition coefficient (Wildman–Crippen LogP) is 3.67. The number of benzene rings is 1. The molecule has 1 aromatic carbocycles. The summed E-state index contributed by atoms with van der Waals surface area (Å²) in [4.78, 5) is 0. The van der Waals surface area contributed by atoms with Crippen LogP contribution < -0.4 is 10.1 Å². The minimum absolute atomic E-state index is 0.121. The van der Waals surface area contributed by atoms with Gasteiger partial charge in [-0.25, -0.2) is 0 Å². The first-order valence-corrected chi connectivity index (χ1v) is 9.05. The number of nitrogens with one attached hydrogen (secondary N) is 1. The Balaban J connectivity index is 2.78. The summed E-state index contributed by atoms with van der Waals surface area (Å²) in [5.74, 6) is 1.53. The van der Waals surface area contributed by atoms with Crippen LogP contribution in [0.5, 0.6) is 5.75 Å². The molecule has 0 aliphatic carbocycles. The van der Waals surface area contributed by atoms with Crippen molar-refractivity contribution in [1.29, 1.82) is 0 Å². The second-order valence-electron chi connectivity index (χ2n) is 6.15. The normalized spacial score (nSPS) is 14.7. The zero-order chi connectivity index (χ0) is 15.9. The summed E-state index contributed by atoms with van der Waals surface area (Å²) in [6.07, 6.45) is 1.01. The Morgan fingerprint density at radius 2 is 1.81 bits per heavy atom. The molecule has 1 N–H and O–H groups in total. The molecular formula is C17H29NO2S. The molecule has 0 amide bonds. The van der Waals surface area contributed by atoms with Gasteiger partial charge in [-0.1, -0.05) is 26.0 Å². The minimum atomic E-state index is -0.873. The van der Waals surface area contributed by atoms with Gasteiger partial charge < -0.3 is 10.1 Å². The average Bonchev–Trinajstić information content (AvgIpc) is 2.44. The van der Waals surface area contributed by atoms with Gasteiger partial charge in [0, 0.05) is 27.3 Å². The molecule has 21 heavy (non-hydrogen) atoms. The maximum Gasteiger partial charge on any atom is 0.119 e. The van der Waals surface area contributed by atoms with E-state index < -0.39 is 10.8 Å². The van der Waals surface area contributed by atoms with Gasteiger partial charge in [-0.3, -0.25) is 4.21 Å². The van der Waals surface area contributed by atoms with E-state index in [-0.39, 0.29) is 10.8 Å². The third-order valence-electron chi connectivity index (χ3n) is 3.21. The van der Waals surface area contributed by atoms with Crippen LogP contribution in [0.3, 0.4) is 0 Å². The van der Waals surface area contributed by atoms with Crippen molar-refractivity contribution in [3.05, 3.63) is 29.8 Å². The van der Waals surface area contributed by atoms with Crippen LogP contribution in [0.2, 0.25) is 0 Å². The van der Waals surface area contributed by atoms with Crippen molar-refractivity contribution >= 4 is 10.8 Å². The summed E-state index contributed by atoms with van der Waals surface area (Å²) in [6.45, 7) is 11.8. The Labute approximate surface area is 131 Å². The van der Waals surface area contributed by atoms with E-state index in [2.05, 4.69) is 31.3 Å². The quantitative estimate of drug-likeness (QED) is 0.796. The molecule has 120 valence electrons. The third-order valence-corrected chi connectivity index (χ3v) is 5.21. The molecule has 0 spiro atoms. The van der Waals surface area contributed by atoms with Crippen LogP contribution in [0.15, 0.2) is 24.3 Å². The molecule has 1 rings (SSSR count). The lowest BCUT2D eigenvalue weighted by Gasteiger charge is -2.24. The third kappa shape index (κ3) is 6.18. The van der Waals surface area contributed by atoms with Crippen molar-refractivity contribution < 1.29 is 8.95 Å². The highest BCUT2D eigenvalue weighted by Gasteiger charge is 2.23. The summed E-state index contributed by atoms with van der Waals surface area (Å²) < 4.78 is 17.8. The standard InChI is InChI=1S/C17H29NO2S/c1-6-12-20-15-10-8-14(9-11-15)16(18-7-2)13-21(19)17(3,4)5/h8-11,16,18H,6-7,12-13H2,1-5H3. The van der Waals surface area contributed by atoms with Crippen molar-refractivity contribution in [2.45, 2.75) is 51.8 Å². The lowest BCUT2D eigenvalue weighted by Crippen LogP contribution is -2.32. The van der Waals surface area contributed by atoms with Crippen molar-refractivity contribution in [3.8, 4) is 5.75 Å². The first-order valence-electron chi connectivity index (χ1n) is 7.73.